The summed E-state index contributed by atoms with van der Waals surface area (Å²) in [5.41, 5.74) is 6.66. The van der Waals surface area contributed by atoms with Gasteiger partial charge in [-0.1, -0.05) is 65.9 Å². The first kappa shape index (κ1) is 24.4. The second-order valence-electron chi connectivity index (χ2n) is 9.77. The fraction of sp³-hybridized carbons (Fsp3) is 0.345. The number of esters is 1. The van der Waals surface area contributed by atoms with Crippen LogP contribution in [0.2, 0.25) is 0 Å². The molecule has 3 aliphatic heterocycles. The molecule has 3 heterocycles. The summed E-state index contributed by atoms with van der Waals surface area (Å²) in [6.45, 7) is 8.93. The van der Waals surface area contributed by atoms with Gasteiger partial charge in [-0.15, -0.1) is 0 Å². The third kappa shape index (κ3) is 4.72. The van der Waals surface area contributed by atoms with Crippen LogP contribution < -0.4 is 0 Å². The van der Waals surface area contributed by atoms with Gasteiger partial charge in [0.05, 0.1) is 29.8 Å². The van der Waals surface area contributed by atoms with Gasteiger partial charge in [0.25, 0.3) is 0 Å². The molecule has 0 fully saturated rings. The highest BCUT2D eigenvalue weighted by molar-refractivity contribution is 8.16. The Morgan fingerprint density at radius 1 is 1.08 bits per heavy atom. The lowest BCUT2D eigenvalue weighted by Gasteiger charge is -2.37. The first-order valence-electron chi connectivity index (χ1n) is 12.4. The third-order valence-electron chi connectivity index (χ3n) is 6.77. The molecule has 6 nitrogen and oxygen atoms in total. The highest BCUT2D eigenvalue weighted by Crippen LogP contribution is 2.45. The van der Waals surface area contributed by atoms with E-state index in [-0.39, 0.29) is 24.4 Å². The van der Waals surface area contributed by atoms with Gasteiger partial charge in [0.2, 0.25) is 5.91 Å². The number of aliphatic imine (C=N–C) groups is 1. The molecule has 3 aliphatic rings. The number of carbonyl (C=O) groups excluding carboxylic acids is 2. The topological polar surface area (TPSA) is 62.2 Å². The summed E-state index contributed by atoms with van der Waals surface area (Å²) in [4.78, 5) is 35.5. The van der Waals surface area contributed by atoms with Crippen molar-refractivity contribution in [3.63, 3.8) is 0 Å². The summed E-state index contributed by atoms with van der Waals surface area (Å²) in [6, 6.07) is 16.1. The Hall–Kier alpha value is -3.32. The van der Waals surface area contributed by atoms with Crippen molar-refractivity contribution in [1.29, 1.82) is 0 Å². The number of thioether (sulfide) groups is 1. The Morgan fingerprint density at radius 3 is 2.53 bits per heavy atom. The Bertz CT molecular complexity index is 1290. The van der Waals surface area contributed by atoms with Crippen molar-refractivity contribution in [1.82, 2.24) is 9.80 Å². The number of fused-ring (bicyclic) bond motifs is 2. The average molecular weight is 502 g/mol. The molecule has 0 aromatic heterocycles. The number of nitrogens with zero attached hydrogens (tertiary/aromatic N) is 3. The molecule has 0 radical (unpaired) electrons. The molecule has 1 atom stereocenters. The van der Waals surface area contributed by atoms with Crippen LogP contribution in [0.25, 0.3) is 0 Å². The smallest absolute Gasteiger partial charge is 0.338 e. The van der Waals surface area contributed by atoms with Gasteiger partial charge in [-0.2, -0.15) is 0 Å². The standard InChI is InChI=1S/C29H31N3O3S/c1-18(2)35-28(34)26-20(4)30-29-32(27(26)22-11-9-19(3)10-12-22)24(17-36-29)15-25(33)31-14-13-21-7-5-6-8-23(21)16-31/h5-12,17-18,27H,13-16H2,1-4H3. The van der Waals surface area contributed by atoms with E-state index < -0.39 is 6.04 Å². The predicted octanol–water partition coefficient (Wildman–Crippen LogP) is 5.50. The Balaban J connectivity index is 1.44. The van der Waals surface area contributed by atoms with Crippen LogP contribution in [0, 0.1) is 6.92 Å². The summed E-state index contributed by atoms with van der Waals surface area (Å²) in [7, 11) is 0. The molecule has 2 aromatic carbocycles. The average Bonchev–Trinajstić information content (AvgIpc) is 3.24. The van der Waals surface area contributed by atoms with Crippen molar-refractivity contribution in [2.45, 2.75) is 59.2 Å². The number of aryl methyl sites for hydroxylation is 1. The molecule has 2 aromatic rings. The maximum absolute atomic E-state index is 13.5. The third-order valence-corrected chi connectivity index (χ3v) is 7.66. The number of benzene rings is 2. The monoisotopic (exact) mass is 501 g/mol. The minimum atomic E-state index is -0.402. The van der Waals surface area contributed by atoms with Gasteiger partial charge in [0, 0.05) is 18.8 Å². The van der Waals surface area contributed by atoms with E-state index in [2.05, 4.69) is 23.1 Å². The van der Waals surface area contributed by atoms with E-state index in [1.54, 1.807) is 0 Å². The van der Waals surface area contributed by atoms with Gasteiger partial charge in [0.1, 0.15) is 0 Å². The van der Waals surface area contributed by atoms with Crippen LogP contribution in [0.4, 0.5) is 0 Å². The van der Waals surface area contributed by atoms with Gasteiger partial charge in [-0.05, 0) is 56.2 Å². The molecule has 186 valence electrons. The van der Waals surface area contributed by atoms with Crippen LogP contribution in [0.5, 0.6) is 0 Å². The van der Waals surface area contributed by atoms with E-state index >= 15 is 0 Å². The van der Waals surface area contributed by atoms with Gasteiger partial charge in [-0.3, -0.25) is 4.79 Å². The van der Waals surface area contributed by atoms with E-state index in [4.69, 9.17) is 9.73 Å². The van der Waals surface area contributed by atoms with E-state index in [1.807, 2.05) is 68.3 Å². The van der Waals surface area contributed by atoms with E-state index in [1.165, 1.54) is 22.9 Å². The molecule has 0 saturated heterocycles. The molecule has 1 amide bonds. The van der Waals surface area contributed by atoms with E-state index in [0.717, 1.165) is 28.4 Å². The van der Waals surface area contributed by atoms with Crippen molar-refractivity contribution in [2.24, 2.45) is 4.99 Å². The van der Waals surface area contributed by atoms with Crippen LogP contribution in [-0.2, 0) is 27.3 Å². The second-order valence-corrected chi connectivity index (χ2v) is 10.6. The molecule has 0 aliphatic carbocycles. The lowest BCUT2D eigenvalue weighted by atomic mass is 9.93. The molecule has 36 heavy (non-hydrogen) atoms. The second kappa shape index (κ2) is 9.97. The van der Waals surface area contributed by atoms with Crippen LogP contribution in [0.3, 0.4) is 0 Å². The van der Waals surface area contributed by atoms with Crippen molar-refractivity contribution >= 4 is 28.8 Å². The minimum Gasteiger partial charge on any atom is -0.459 e. The van der Waals surface area contributed by atoms with Crippen molar-refractivity contribution in [3.8, 4) is 0 Å². The molecule has 0 N–H and O–H groups in total. The zero-order chi connectivity index (χ0) is 25.4. The molecule has 5 rings (SSSR count). The molecular formula is C29H31N3O3S. The number of allylic oxidation sites excluding steroid dienone is 1. The maximum atomic E-state index is 13.5. The van der Waals surface area contributed by atoms with Crippen molar-refractivity contribution in [3.05, 3.63) is 93.2 Å². The van der Waals surface area contributed by atoms with Crippen molar-refractivity contribution < 1.29 is 14.3 Å². The first-order valence-corrected chi connectivity index (χ1v) is 13.3. The molecule has 7 heteroatoms. The molecular weight excluding hydrogens is 470 g/mol. The Morgan fingerprint density at radius 2 is 1.81 bits per heavy atom. The first-order chi connectivity index (χ1) is 17.3. The summed E-state index contributed by atoms with van der Waals surface area (Å²) in [5.74, 6) is -0.288. The highest BCUT2D eigenvalue weighted by atomic mass is 32.2. The molecule has 0 spiro atoms. The number of hydrogen-bond donors (Lipinski definition) is 0. The zero-order valence-corrected chi connectivity index (χ0v) is 22.0. The van der Waals surface area contributed by atoms with Crippen LogP contribution in [-0.4, -0.2) is 39.5 Å². The molecule has 1 unspecified atom stereocenters. The zero-order valence-electron chi connectivity index (χ0n) is 21.2. The van der Waals surface area contributed by atoms with Gasteiger partial charge < -0.3 is 14.5 Å². The minimum absolute atomic E-state index is 0.0813. The Labute approximate surface area is 216 Å². The SMILES string of the molecule is CC1=C(C(=O)OC(C)C)C(c2ccc(C)cc2)N2C(CC(=O)N3CCc4ccccc4C3)=CSC2=N1. The van der Waals surface area contributed by atoms with E-state index in [9.17, 15) is 9.59 Å². The summed E-state index contributed by atoms with van der Waals surface area (Å²) < 4.78 is 5.63. The predicted molar refractivity (Wildman–Crippen MR) is 143 cm³/mol. The number of amidine groups is 1. The fourth-order valence-corrected chi connectivity index (χ4v) is 5.91. The maximum Gasteiger partial charge on any atom is 0.338 e. The summed E-state index contributed by atoms with van der Waals surface area (Å²) >= 11 is 1.50. The van der Waals surface area contributed by atoms with Crippen LogP contribution in [0.15, 0.2) is 75.9 Å². The summed E-state index contributed by atoms with van der Waals surface area (Å²) in [5, 5.41) is 2.78. The quantitative estimate of drug-likeness (QED) is 0.507. The number of ether oxygens (including phenoxy) is 1. The number of amides is 1. The summed E-state index contributed by atoms with van der Waals surface area (Å²) in [6.07, 6.45) is 0.876. The number of hydrogen-bond acceptors (Lipinski definition) is 6. The number of carbonyl (C=O) groups is 2. The van der Waals surface area contributed by atoms with Crippen LogP contribution in [0.1, 0.15) is 55.5 Å². The largest absolute Gasteiger partial charge is 0.459 e. The number of rotatable bonds is 5. The van der Waals surface area contributed by atoms with Gasteiger partial charge >= 0.3 is 5.97 Å². The lowest BCUT2D eigenvalue weighted by Crippen LogP contribution is -2.40. The van der Waals surface area contributed by atoms with Crippen LogP contribution >= 0.6 is 11.8 Å². The van der Waals surface area contributed by atoms with Gasteiger partial charge in [0.15, 0.2) is 5.17 Å². The lowest BCUT2D eigenvalue weighted by molar-refractivity contribution is -0.143. The Kier molecular flexibility index (Phi) is 6.75. The van der Waals surface area contributed by atoms with Gasteiger partial charge in [-0.25, -0.2) is 9.79 Å². The van der Waals surface area contributed by atoms with E-state index in [0.29, 0.717) is 24.4 Å². The van der Waals surface area contributed by atoms with Crippen molar-refractivity contribution in [2.75, 3.05) is 6.54 Å². The highest BCUT2D eigenvalue weighted by Gasteiger charge is 2.41. The normalized spacial score (nSPS) is 19.1. The molecule has 0 bridgehead atoms. The fourth-order valence-electron chi connectivity index (χ4n) is 4.95. The molecule has 0 saturated carbocycles.